The monoisotopic (exact) mass is 491 g/mol. The lowest BCUT2D eigenvalue weighted by Crippen LogP contribution is -2.80. The minimum atomic E-state index is -5.30. The number of aliphatic imine (C=N–C) groups is 1. The molecule has 0 aliphatic carbocycles. The van der Waals surface area contributed by atoms with Crippen LogP contribution in [0.1, 0.15) is 6.42 Å². The van der Waals surface area contributed by atoms with E-state index < -0.39 is 74.2 Å². The second kappa shape index (κ2) is 6.58. The Labute approximate surface area is 172 Å². The third-order valence-corrected chi connectivity index (χ3v) is 5.61. The summed E-state index contributed by atoms with van der Waals surface area (Å²) in [6.45, 7) is 0. The summed E-state index contributed by atoms with van der Waals surface area (Å²) in [6.07, 6.45) is -0.750. The van der Waals surface area contributed by atoms with Gasteiger partial charge in [-0.15, -0.1) is 4.72 Å². The Morgan fingerprint density at radius 3 is 2.42 bits per heavy atom. The normalized spacial score (nSPS) is 30.4. The first-order valence-corrected chi connectivity index (χ1v) is 10.6. The van der Waals surface area contributed by atoms with Crippen LogP contribution in [0.15, 0.2) is 17.0 Å². The molecule has 1 saturated heterocycles. The molecule has 0 aromatic heterocycles. The van der Waals surface area contributed by atoms with Gasteiger partial charge in [0.15, 0.2) is 5.96 Å². The van der Waals surface area contributed by atoms with E-state index in [1.807, 2.05) is 0 Å². The molecule has 31 heavy (non-hydrogen) atoms. The van der Waals surface area contributed by atoms with Crippen LogP contribution < -0.4 is 15.8 Å². The average molecular weight is 491 g/mol. The van der Waals surface area contributed by atoms with Gasteiger partial charge in [0.2, 0.25) is 23.3 Å². The third-order valence-electron chi connectivity index (χ3n) is 4.63. The van der Waals surface area contributed by atoms with Crippen LogP contribution in [0.3, 0.4) is 0 Å². The van der Waals surface area contributed by atoms with Crippen LogP contribution in [0.2, 0.25) is 0 Å². The van der Waals surface area contributed by atoms with Crippen molar-refractivity contribution in [3.8, 4) is 0 Å². The fourth-order valence-electron chi connectivity index (χ4n) is 3.63. The Morgan fingerprint density at radius 2 is 1.90 bits per heavy atom. The van der Waals surface area contributed by atoms with E-state index in [1.165, 1.54) is 0 Å². The number of nitrogens with zero attached hydrogens (tertiary/aromatic N) is 3. The average Bonchev–Trinajstić information content (AvgIpc) is 2.98. The zero-order valence-corrected chi connectivity index (χ0v) is 16.5. The van der Waals surface area contributed by atoms with E-state index in [-0.39, 0.29) is 5.06 Å². The molecule has 3 rings (SSSR count). The molecular formula is C10H17N7O12S2. The molecule has 3 aliphatic heterocycles. The quantitative estimate of drug-likeness (QED) is 0.122. The second-order valence-electron chi connectivity index (χ2n) is 6.73. The maximum Gasteiger partial charge on any atom is 0.446 e. The van der Waals surface area contributed by atoms with Gasteiger partial charge in [-0.3, -0.25) is 24.6 Å². The van der Waals surface area contributed by atoms with Crippen molar-refractivity contribution >= 4 is 32.6 Å². The van der Waals surface area contributed by atoms with Crippen LogP contribution in [0.5, 0.6) is 0 Å². The molecule has 0 aromatic rings. The van der Waals surface area contributed by atoms with Gasteiger partial charge >= 0.3 is 20.7 Å². The number of rotatable bonds is 6. The number of nitrogens with two attached hydrogens (primary N) is 1. The number of guanidine groups is 2. The first-order chi connectivity index (χ1) is 13.8. The molecule has 3 unspecified atom stereocenters. The fourth-order valence-corrected chi connectivity index (χ4v) is 4.51. The molecule has 1 fully saturated rings. The van der Waals surface area contributed by atoms with Crippen LogP contribution in [0.25, 0.3) is 0 Å². The van der Waals surface area contributed by atoms with Crippen LogP contribution in [0.4, 0.5) is 0 Å². The van der Waals surface area contributed by atoms with Gasteiger partial charge in [0.05, 0.1) is 12.2 Å². The molecule has 0 aromatic carbocycles. The fraction of sp³-hybridized carbons (Fsp3) is 0.600. The second-order valence-corrected chi connectivity index (χ2v) is 8.91. The van der Waals surface area contributed by atoms with Crippen LogP contribution in [-0.4, -0.2) is 103 Å². The Hall–Kier alpha value is -2.34. The van der Waals surface area contributed by atoms with Gasteiger partial charge in [-0.1, -0.05) is 0 Å². The van der Waals surface area contributed by atoms with E-state index in [0.29, 0.717) is 11.1 Å². The summed E-state index contributed by atoms with van der Waals surface area (Å²) in [6, 6.07) is -3.65. The van der Waals surface area contributed by atoms with Gasteiger partial charge in [-0.05, 0) is 0 Å². The summed E-state index contributed by atoms with van der Waals surface area (Å²) in [7, 11) is -10.5. The van der Waals surface area contributed by atoms with E-state index in [1.54, 1.807) is 0 Å². The third kappa shape index (κ3) is 3.75. The molecule has 0 amide bonds. The van der Waals surface area contributed by atoms with Crippen molar-refractivity contribution in [2.45, 2.75) is 35.9 Å². The van der Waals surface area contributed by atoms with E-state index in [9.17, 15) is 42.5 Å². The van der Waals surface area contributed by atoms with Crippen molar-refractivity contribution in [1.82, 2.24) is 20.0 Å². The summed E-state index contributed by atoms with van der Waals surface area (Å²) in [5.74, 6) is -9.76. The predicted molar refractivity (Wildman–Crippen MR) is 92.6 cm³/mol. The number of hydroxylamine groups is 2. The topological polar surface area (TPSA) is 312 Å². The van der Waals surface area contributed by atoms with Crippen molar-refractivity contribution < 1.29 is 55.8 Å². The van der Waals surface area contributed by atoms with Gasteiger partial charge in [-0.25, -0.2) is 10.1 Å². The van der Waals surface area contributed by atoms with Crippen molar-refractivity contribution in [2.75, 3.05) is 0 Å². The molecule has 0 radical (unpaired) electrons. The zero-order chi connectivity index (χ0) is 23.8. The van der Waals surface area contributed by atoms with Gasteiger partial charge in [-0.2, -0.15) is 16.8 Å². The van der Waals surface area contributed by atoms with E-state index in [2.05, 4.69) is 14.5 Å². The van der Waals surface area contributed by atoms with Crippen LogP contribution in [-0.2, 0) is 24.9 Å². The van der Waals surface area contributed by atoms with E-state index >= 15 is 0 Å². The highest BCUT2D eigenvalue weighted by Crippen LogP contribution is 2.49. The smallest absolute Gasteiger partial charge is 0.370 e. The standard InChI is InChI=1S/C10H17N7O12S2/c11-6-13-5-3(1-8(18,19)15-30(23,24)25)17(22)7(12)16-2-4(29-31(26,27)28)10(20,21)9(5,16)14-6/h2-3,5,12,15,18-22H,1H2,(H3,11,13,14)(H,23,24,25)(H,26,27,28). The SMILES string of the molecule is N=C1N(O)C(CC(O)(O)NS(=O)(=O)O)C2N=C(N)NC23N1C=C(OS(=O)(=O)O)C3(O)O. The summed E-state index contributed by atoms with van der Waals surface area (Å²) in [5.41, 5.74) is 3.03. The maximum atomic E-state index is 11.1. The molecule has 176 valence electrons. The minimum Gasteiger partial charge on any atom is -0.370 e. The Bertz CT molecular complexity index is 1090. The molecule has 0 saturated carbocycles. The highest BCUT2D eigenvalue weighted by Gasteiger charge is 2.74. The maximum absolute atomic E-state index is 11.1. The molecule has 3 atom stereocenters. The zero-order valence-electron chi connectivity index (χ0n) is 14.8. The molecule has 1 spiro atoms. The lowest BCUT2D eigenvalue weighted by Gasteiger charge is -2.53. The highest BCUT2D eigenvalue weighted by atomic mass is 32.3. The van der Waals surface area contributed by atoms with Gasteiger partial charge in [0.25, 0.3) is 5.79 Å². The lowest BCUT2D eigenvalue weighted by molar-refractivity contribution is -0.251. The number of hydrogen-bond acceptors (Lipinski definition) is 14. The lowest BCUT2D eigenvalue weighted by atomic mass is 9.83. The van der Waals surface area contributed by atoms with Crippen LogP contribution >= 0.6 is 0 Å². The van der Waals surface area contributed by atoms with Crippen molar-refractivity contribution in [1.29, 1.82) is 5.41 Å². The number of aliphatic hydroxyl groups is 4. The van der Waals surface area contributed by atoms with Crippen molar-refractivity contribution in [3.63, 3.8) is 0 Å². The van der Waals surface area contributed by atoms with Crippen molar-refractivity contribution in [2.24, 2.45) is 10.7 Å². The first kappa shape index (κ1) is 23.3. The molecular weight excluding hydrogens is 474 g/mol. The summed E-state index contributed by atoms with van der Waals surface area (Å²) < 4.78 is 66.8. The first-order valence-electron chi connectivity index (χ1n) is 7.83. The van der Waals surface area contributed by atoms with Crippen LogP contribution in [0, 0.1) is 5.41 Å². The molecule has 19 nitrogen and oxygen atoms in total. The molecule has 3 aliphatic rings. The summed E-state index contributed by atoms with van der Waals surface area (Å²) >= 11 is 0. The Balaban J connectivity index is 2.09. The van der Waals surface area contributed by atoms with E-state index in [4.69, 9.17) is 20.2 Å². The molecule has 12 N–H and O–H groups in total. The van der Waals surface area contributed by atoms with Crippen molar-refractivity contribution in [3.05, 3.63) is 12.0 Å². The molecule has 3 heterocycles. The van der Waals surface area contributed by atoms with E-state index in [0.717, 1.165) is 4.72 Å². The van der Waals surface area contributed by atoms with Gasteiger partial charge < -0.3 is 35.7 Å². The predicted octanol–water partition coefficient (Wildman–Crippen LogP) is -5.94. The minimum absolute atomic E-state index is 0.00251. The number of hydrogen-bond donors (Lipinski definition) is 11. The molecule has 21 heteroatoms. The largest absolute Gasteiger partial charge is 0.446 e. The van der Waals surface area contributed by atoms with Gasteiger partial charge in [0, 0.05) is 6.42 Å². The summed E-state index contributed by atoms with van der Waals surface area (Å²) in [4.78, 5) is 4.30. The number of nitrogens with one attached hydrogen (secondary N) is 3. The Kier molecular flexibility index (Phi) is 4.95. The van der Waals surface area contributed by atoms with Gasteiger partial charge in [0.1, 0.15) is 6.04 Å². The Morgan fingerprint density at radius 1 is 1.32 bits per heavy atom. The summed E-state index contributed by atoms with van der Waals surface area (Å²) in [5, 5.41) is 61.7. The molecule has 0 bridgehead atoms. The highest BCUT2D eigenvalue weighted by molar-refractivity contribution is 7.83.